The van der Waals surface area contributed by atoms with Crippen LogP contribution in [0.25, 0.3) is 11.1 Å². The summed E-state index contributed by atoms with van der Waals surface area (Å²) in [6.07, 6.45) is 0.512. The third-order valence-electron chi connectivity index (χ3n) is 4.63. The number of likely N-dealkylation sites (tertiary alicyclic amines) is 1. The first-order chi connectivity index (χ1) is 12.6. The SMILES string of the molecule is COc1cccc(-c2ccc(CNC(=O)N3CCC(C(=O)O)C3)cc2)c1. The van der Waals surface area contributed by atoms with Crippen LogP contribution in [0.5, 0.6) is 5.75 Å². The van der Waals surface area contributed by atoms with Crippen LogP contribution in [0.15, 0.2) is 48.5 Å². The zero-order chi connectivity index (χ0) is 18.5. The van der Waals surface area contributed by atoms with Crippen molar-refractivity contribution in [2.75, 3.05) is 20.2 Å². The van der Waals surface area contributed by atoms with Gasteiger partial charge in [-0.3, -0.25) is 4.79 Å². The van der Waals surface area contributed by atoms with Crippen LogP contribution < -0.4 is 10.1 Å². The van der Waals surface area contributed by atoms with Gasteiger partial charge in [-0.2, -0.15) is 0 Å². The van der Waals surface area contributed by atoms with E-state index in [0.717, 1.165) is 22.4 Å². The number of amides is 2. The molecule has 2 aromatic carbocycles. The molecule has 1 aliphatic rings. The molecule has 6 nitrogen and oxygen atoms in total. The van der Waals surface area contributed by atoms with Crippen LogP contribution in [0.4, 0.5) is 4.79 Å². The lowest BCUT2D eigenvalue weighted by Crippen LogP contribution is -2.38. The highest BCUT2D eigenvalue weighted by Gasteiger charge is 2.30. The van der Waals surface area contributed by atoms with Gasteiger partial charge in [-0.15, -0.1) is 0 Å². The van der Waals surface area contributed by atoms with Crippen LogP contribution in [0.3, 0.4) is 0 Å². The van der Waals surface area contributed by atoms with Gasteiger partial charge in [0.25, 0.3) is 0 Å². The van der Waals surface area contributed by atoms with Gasteiger partial charge in [-0.1, -0.05) is 36.4 Å². The Hall–Kier alpha value is -3.02. The summed E-state index contributed by atoms with van der Waals surface area (Å²) >= 11 is 0. The van der Waals surface area contributed by atoms with Gasteiger partial charge < -0.3 is 20.1 Å². The first-order valence-corrected chi connectivity index (χ1v) is 8.56. The summed E-state index contributed by atoms with van der Waals surface area (Å²) in [5.41, 5.74) is 3.12. The maximum Gasteiger partial charge on any atom is 0.317 e. The Labute approximate surface area is 152 Å². The van der Waals surface area contributed by atoms with Crippen molar-refractivity contribution in [1.29, 1.82) is 0 Å². The standard InChI is InChI=1S/C20H22N2O4/c1-26-18-4-2-3-16(11-18)15-7-5-14(6-8-15)12-21-20(25)22-10-9-17(13-22)19(23)24/h2-8,11,17H,9-10,12-13H2,1H3,(H,21,25)(H,23,24). The van der Waals surface area contributed by atoms with E-state index in [1.165, 1.54) is 0 Å². The number of nitrogens with one attached hydrogen (secondary N) is 1. The van der Waals surface area contributed by atoms with Crippen molar-refractivity contribution in [1.82, 2.24) is 10.2 Å². The molecule has 2 N–H and O–H groups in total. The average Bonchev–Trinajstić information content (AvgIpc) is 3.17. The minimum atomic E-state index is -0.839. The molecule has 0 bridgehead atoms. The fraction of sp³-hybridized carbons (Fsp3) is 0.300. The maximum atomic E-state index is 12.2. The zero-order valence-corrected chi connectivity index (χ0v) is 14.6. The Kier molecular flexibility index (Phi) is 5.41. The van der Waals surface area contributed by atoms with Gasteiger partial charge in [-0.25, -0.2) is 4.79 Å². The summed E-state index contributed by atoms with van der Waals surface area (Å²) in [7, 11) is 1.64. The molecule has 1 aliphatic heterocycles. The molecule has 0 aromatic heterocycles. The van der Waals surface area contributed by atoms with Crippen LogP contribution in [-0.2, 0) is 11.3 Å². The van der Waals surface area contributed by atoms with Crippen molar-refractivity contribution >= 4 is 12.0 Å². The number of rotatable bonds is 5. The quantitative estimate of drug-likeness (QED) is 0.865. The third-order valence-corrected chi connectivity index (χ3v) is 4.63. The van der Waals surface area contributed by atoms with Gasteiger partial charge in [0.1, 0.15) is 5.75 Å². The van der Waals surface area contributed by atoms with E-state index in [0.29, 0.717) is 19.5 Å². The summed E-state index contributed by atoms with van der Waals surface area (Å²) in [6, 6.07) is 15.6. The Balaban J connectivity index is 1.56. The number of carboxylic acids is 1. The molecule has 6 heteroatoms. The summed E-state index contributed by atoms with van der Waals surface area (Å²) in [4.78, 5) is 24.7. The Morgan fingerprint density at radius 1 is 1.19 bits per heavy atom. The topological polar surface area (TPSA) is 78.9 Å². The summed E-state index contributed by atoms with van der Waals surface area (Å²) in [6.45, 7) is 1.17. The van der Waals surface area contributed by atoms with Crippen LogP contribution in [0.1, 0.15) is 12.0 Å². The average molecular weight is 354 g/mol. The van der Waals surface area contributed by atoms with E-state index < -0.39 is 11.9 Å². The molecule has 136 valence electrons. The van der Waals surface area contributed by atoms with Crippen molar-refractivity contribution in [3.8, 4) is 16.9 Å². The number of carbonyl (C=O) groups excluding carboxylic acids is 1. The molecular weight excluding hydrogens is 332 g/mol. The van der Waals surface area contributed by atoms with Crippen molar-refractivity contribution < 1.29 is 19.4 Å². The van der Waals surface area contributed by atoms with Gasteiger partial charge in [0.05, 0.1) is 13.0 Å². The molecule has 2 aromatic rings. The van der Waals surface area contributed by atoms with Crippen LogP contribution in [0.2, 0.25) is 0 Å². The van der Waals surface area contributed by atoms with Crippen LogP contribution in [-0.4, -0.2) is 42.2 Å². The summed E-state index contributed by atoms with van der Waals surface area (Å²) in [5, 5.41) is 11.9. The van der Waals surface area contributed by atoms with Crippen LogP contribution >= 0.6 is 0 Å². The van der Waals surface area contributed by atoms with Crippen molar-refractivity contribution in [2.24, 2.45) is 5.92 Å². The van der Waals surface area contributed by atoms with E-state index in [1.54, 1.807) is 12.0 Å². The van der Waals surface area contributed by atoms with Gasteiger partial charge >= 0.3 is 12.0 Å². The molecule has 1 heterocycles. The highest BCUT2D eigenvalue weighted by Crippen LogP contribution is 2.24. The van der Waals surface area contributed by atoms with E-state index in [1.807, 2.05) is 48.5 Å². The number of hydrogen-bond donors (Lipinski definition) is 2. The fourth-order valence-corrected chi connectivity index (χ4v) is 3.05. The molecule has 0 spiro atoms. The summed E-state index contributed by atoms with van der Waals surface area (Å²) in [5.74, 6) is -0.486. The second-order valence-corrected chi connectivity index (χ2v) is 6.36. The zero-order valence-electron chi connectivity index (χ0n) is 14.6. The molecule has 1 saturated heterocycles. The Morgan fingerprint density at radius 3 is 2.62 bits per heavy atom. The lowest BCUT2D eigenvalue weighted by Gasteiger charge is -2.16. The molecule has 1 unspecified atom stereocenters. The molecular formula is C20H22N2O4. The first kappa shape index (κ1) is 17.8. The van der Waals surface area contributed by atoms with E-state index in [-0.39, 0.29) is 12.6 Å². The minimum absolute atomic E-state index is 0.217. The van der Waals surface area contributed by atoms with Crippen molar-refractivity contribution in [3.63, 3.8) is 0 Å². The first-order valence-electron chi connectivity index (χ1n) is 8.56. The van der Waals surface area contributed by atoms with Gasteiger partial charge in [0.2, 0.25) is 0 Å². The molecule has 0 saturated carbocycles. The minimum Gasteiger partial charge on any atom is -0.497 e. The molecule has 0 aliphatic carbocycles. The highest BCUT2D eigenvalue weighted by atomic mass is 16.5. The summed E-state index contributed by atoms with van der Waals surface area (Å²) < 4.78 is 5.25. The number of carbonyl (C=O) groups is 2. The maximum absolute atomic E-state index is 12.2. The fourth-order valence-electron chi connectivity index (χ4n) is 3.05. The number of methoxy groups -OCH3 is 1. The second-order valence-electron chi connectivity index (χ2n) is 6.36. The lowest BCUT2D eigenvalue weighted by molar-refractivity contribution is -0.141. The van der Waals surface area contributed by atoms with Gasteiger partial charge in [-0.05, 0) is 35.2 Å². The van der Waals surface area contributed by atoms with Gasteiger partial charge in [0, 0.05) is 19.6 Å². The van der Waals surface area contributed by atoms with Gasteiger partial charge in [0.15, 0.2) is 0 Å². The normalized spacial score (nSPS) is 16.3. The van der Waals surface area contributed by atoms with E-state index in [2.05, 4.69) is 5.32 Å². The predicted octanol–water partition coefficient (Wildman–Crippen LogP) is 2.98. The second kappa shape index (κ2) is 7.91. The Bertz CT molecular complexity index is 789. The number of carboxylic acid groups (broad SMARTS) is 1. The monoisotopic (exact) mass is 354 g/mol. The van der Waals surface area contributed by atoms with E-state index >= 15 is 0 Å². The molecule has 3 rings (SSSR count). The number of hydrogen-bond acceptors (Lipinski definition) is 3. The smallest absolute Gasteiger partial charge is 0.317 e. The number of ether oxygens (including phenoxy) is 1. The van der Waals surface area contributed by atoms with Crippen LogP contribution in [0, 0.1) is 5.92 Å². The number of benzene rings is 2. The van der Waals surface area contributed by atoms with Crippen molar-refractivity contribution in [3.05, 3.63) is 54.1 Å². The molecule has 1 atom stereocenters. The highest BCUT2D eigenvalue weighted by molar-refractivity contribution is 5.77. The molecule has 2 amide bonds. The number of nitrogens with zero attached hydrogens (tertiary/aromatic N) is 1. The Morgan fingerprint density at radius 2 is 1.96 bits per heavy atom. The number of aliphatic carboxylic acids is 1. The molecule has 0 radical (unpaired) electrons. The largest absolute Gasteiger partial charge is 0.497 e. The van der Waals surface area contributed by atoms with E-state index in [4.69, 9.17) is 9.84 Å². The number of urea groups is 1. The van der Waals surface area contributed by atoms with E-state index in [9.17, 15) is 9.59 Å². The third kappa shape index (κ3) is 4.14. The molecule has 26 heavy (non-hydrogen) atoms. The lowest BCUT2D eigenvalue weighted by atomic mass is 10.0. The predicted molar refractivity (Wildman–Crippen MR) is 98.0 cm³/mol. The van der Waals surface area contributed by atoms with Crippen molar-refractivity contribution in [2.45, 2.75) is 13.0 Å². The molecule has 1 fully saturated rings.